The van der Waals surface area contributed by atoms with E-state index in [4.69, 9.17) is 21.3 Å². The third-order valence-electron chi connectivity index (χ3n) is 10.8. The molecule has 24 heteroatoms. The third kappa shape index (κ3) is 7.75. The summed E-state index contributed by atoms with van der Waals surface area (Å²) >= 11 is 6.62. The molecular weight excluding hydrogens is 896 g/mol. The summed E-state index contributed by atoms with van der Waals surface area (Å²) in [5.41, 5.74) is -2.29. The second-order valence-electron chi connectivity index (χ2n) is 15.5. The fourth-order valence-electron chi connectivity index (χ4n) is 8.16. The molecule has 0 bridgehead atoms. The molecular formula is C40H32ClF6N11O5S. The highest BCUT2D eigenvalue weighted by Gasteiger charge is 2.67. The van der Waals surface area contributed by atoms with Crippen LogP contribution >= 0.6 is 11.6 Å². The van der Waals surface area contributed by atoms with Crippen LogP contribution in [0.5, 0.6) is 5.88 Å². The van der Waals surface area contributed by atoms with Gasteiger partial charge in [0, 0.05) is 49.5 Å². The number of pyridine rings is 1. The first-order valence-corrected chi connectivity index (χ1v) is 21.5. The largest absolute Gasteiger partial charge is 0.469 e. The summed E-state index contributed by atoms with van der Waals surface area (Å²) in [6, 6.07) is 6.39. The zero-order valence-corrected chi connectivity index (χ0v) is 35.0. The van der Waals surface area contributed by atoms with Gasteiger partial charge in [0.15, 0.2) is 17.3 Å². The van der Waals surface area contributed by atoms with Gasteiger partial charge in [0.25, 0.3) is 17.9 Å². The first kappa shape index (κ1) is 42.7. The quantitative estimate of drug-likeness (QED) is 0.127. The second kappa shape index (κ2) is 15.6. The lowest BCUT2D eigenvalue weighted by Crippen LogP contribution is -2.38. The highest BCUT2D eigenvalue weighted by Crippen LogP contribution is 2.68. The molecule has 1 saturated carbocycles. The Hall–Kier alpha value is -6.62. The Balaban J connectivity index is 1.22. The number of nitrogens with zero attached hydrogens (tertiary/aromatic N) is 9. The molecule has 64 heavy (non-hydrogen) atoms. The second-order valence-corrected chi connectivity index (χ2v) is 17.7. The molecule has 0 spiro atoms. The molecule has 16 nitrogen and oxygen atoms in total. The van der Waals surface area contributed by atoms with Crippen LogP contribution in [-0.4, -0.2) is 64.6 Å². The third-order valence-corrected chi connectivity index (χ3v) is 11.7. The molecule has 9 rings (SSSR count). The molecule has 2 aromatic carbocycles. The van der Waals surface area contributed by atoms with Crippen molar-refractivity contribution in [2.45, 2.75) is 57.2 Å². The lowest BCUT2D eigenvalue weighted by Gasteiger charge is -2.24. The number of ether oxygens (including phenoxy) is 1. The van der Waals surface area contributed by atoms with Crippen molar-refractivity contribution in [2.24, 2.45) is 13.0 Å². The van der Waals surface area contributed by atoms with Crippen molar-refractivity contribution in [1.82, 2.24) is 49.4 Å². The summed E-state index contributed by atoms with van der Waals surface area (Å²) in [5, 5.41) is 10.6. The van der Waals surface area contributed by atoms with Gasteiger partial charge in [0.05, 0.1) is 39.3 Å². The minimum atomic E-state index is -3.93. The summed E-state index contributed by atoms with van der Waals surface area (Å²) in [5.74, 6) is -9.03. The Kier molecular flexibility index (Phi) is 10.4. The number of sulfonamides is 1. The van der Waals surface area contributed by atoms with Gasteiger partial charge in [-0.15, -0.1) is 0 Å². The van der Waals surface area contributed by atoms with Gasteiger partial charge in [0.1, 0.15) is 42.0 Å². The zero-order valence-electron chi connectivity index (χ0n) is 33.5. The number of amides is 1. The van der Waals surface area contributed by atoms with Crippen molar-refractivity contribution >= 4 is 55.3 Å². The molecule has 1 amide bonds. The first-order chi connectivity index (χ1) is 30.3. The van der Waals surface area contributed by atoms with E-state index in [1.165, 1.54) is 36.0 Å². The molecule has 332 valence electrons. The van der Waals surface area contributed by atoms with E-state index in [-0.39, 0.29) is 74.3 Å². The minimum absolute atomic E-state index is 0.00631. The van der Waals surface area contributed by atoms with Crippen molar-refractivity contribution < 1.29 is 44.3 Å². The van der Waals surface area contributed by atoms with Crippen molar-refractivity contribution in [3.05, 3.63) is 122 Å². The average molecular weight is 928 g/mol. The zero-order chi connectivity index (χ0) is 45.6. The van der Waals surface area contributed by atoms with Crippen molar-refractivity contribution in [3.63, 3.8) is 0 Å². The molecule has 2 aliphatic rings. The van der Waals surface area contributed by atoms with Gasteiger partial charge in [-0.25, -0.2) is 40.9 Å². The van der Waals surface area contributed by atoms with Crippen LogP contribution < -0.4 is 20.3 Å². The first-order valence-electron chi connectivity index (χ1n) is 19.3. The Bertz CT molecular complexity index is 3220. The normalized spacial score (nSPS) is 16.9. The molecule has 3 atom stereocenters. The van der Waals surface area contributed by atoms with Crippen molar-refractivity contribution in [3.8, 4) is 11.6 Å². The van der Waals surface area contributed by atoms with E-state index in [2.05, 4.69) is 35.2 Å². The van der Waals surface area contributed by atoms with Gasteiger partial charge in [0.2, 0.25) is 21.8 Å². The number of rotatable bonds is 13. The number of halogens is 7. The number of carbonyl (C=O) groups excluding carboxylic acids is 1. The number of alkyl halides is 4. The van der Waals surface area contributed by atoms with Crippen molar-refractivity contribution in [2.75, 3.05) is 11.0 Å². The standard InChI is InChI=1S/C40H32ClF6N11O5S/c1-17-13-48-27(49-14-17)16-63-29-7-4-21-36(51-29)52-38(58(39(21)60)26-6-5-24(41)31-33(26)56(2)54-37(31)55-64(3,61)62)25(10-18-8-19(42)11-20(43)9-18)50-28(59)15-57-34-30(32(53-57)35(44)45)22-12-23(22)40(34,46)47/h4-9,11,13-14,22-23,25,35H,10,12,15-16H2,1-3H3,(H,50,59)(H,54,55)/t22-,23+,25-/m0/s1. The molecule has 0 aliphatic heterocycles. The maximum atomic E-state index is 15.5. The molecule has 0 unspecified atom stereocenters. The fraction of sp³-hybridized carbons (Fsp3) is 0.300. The number of aryl methyl sites for hydroxylation is 2. The van der Waals surface area contributed by atoms with E-state index in [1.807, 2.05) is 0 Å². The van der Waals surface area contributed by atoms with Gasteiger partial charge in [-0.2, -0.15) is 24.0 Å². The number of benzene rings is 2. The fourth-order valence-corrected chi connectivity index (χ4v) is 8.89. The van der Waals surface area contributed by atoms with Crippen LogP contribution in [0.4, 0.5) is 32.2 Å². The van der Waals surface area contributed by atoms with Crippen LogP contribution in [0, 0.1) is 24.5 Å². The lowest BCUT2D eigenvalue weighted by atomic mass is 10.0. The Morgan fingerprint density at radius 1 is 1.05 bits per heavy atom. The summed E-state index contributed by atoms with van der Waals surface area (Å²) in [6.45, 7) is 0.638. The molecule has 5 heterocycles. The summed E-state index contributed by atoms with van der Waals surface area (Å²) < 4.78 is 124. The summed E-state index contributed by atoms with van der Waals surface area (Å²) in [6.07, 6.45) is 0.296. The SMILES string of the molecule is Cc1cnc(COc2ccc3c(=O)n(-c4ccc(Cl)c5c(NS(C)(=O)=O)nn(C)c45)c([C@H](Cc4cc(F)cc(F)c4)NC(=O)Cn4nc(C(F)F)c5c4C(F)(F)[C@@H]4C[C@H]54)nc3n2)nc1. The Labute approximate surface area is 362 Å². The molecule has 2 N–H and O–H groups in total. The molecule has 5 aromatic heterocycles. The predicted molar refractivity (Wildman–Crippen MR) is 217 cm³/mol. The van der Waals surface area contributed by atoms with Crippen molar-refractivity contribution in [1.29, 1.82) is 0 Å². The molecule has 7 aromatic rings. The topological polar surface area (TPSA) is 194 Å². The molecule has 2 aliphatic carbocycles. The molecule has 0 saturated heterocycles. The maximum Gasteiger partial charge on any atom is 0.293 e. The van der Waals surface area contributed by atoms with E-state index in [1.54, 1.807) is 19.3 Å². The lowest BCUT2D eigenvalue weighted by molar-refractivity contribution is -0.123. The number of aromatic nitrogens is 9. The van der Waals surface area contributed by atoms with Crippen LogP contribution in [0.3, 0.4) is 0 Å². The van der Waals surface area contributed by atoms with E-state index in [0.29, 0.717) is 16.6 Å². The highest BCUT2D eigenvalue weighted by atomic mass is 35.5. The van der Waals surface area contributed by atoms with Crippen LogP contribution in [0.25, 0.3) is 27.6 Å². The molecule has 1 fully saturated rings. The number of anilines is 1. The van der Waals surface area contributed by atoms with E-state index in [0.717, 1.165) is 28.5 Å². The van der Waals surface area contributed by atoms with E-state index in [9.17, 15) is 35.6 Å². The van der Waals surface area contributed by atoms with E-state index >= 15 is 8.78 Å². The molecule has 0 radical (unpaired) electrons. The van der Waals surface area contributed by atoms with Gasteiger partial charge < -0.3 is 10.1 Å². The average Bonchev–Trinajstić information content (AvgIpc) is 3.75. The smallest absolute Gasteiger partial charge is 0.293 e. The minimum Gasteiger partial charge on any atom is -0.469 e. The van der Waals surface area contributed by atoms with Crippen LogP contribution in [0.2, 0.25) is 5.02 Å². The van der Waals surface area contributed by atoms with E-state index < -0.39 is 87.7 Å². The van der Waals surface area contributed by atoms with Crippen LogP contribution in [0.1, 0.15) is 64.5 Å². The highest BCUT2D eigenvalue weighted by molar-refractivity contribution is 7.92. The summed E-state index contributed by atoms with van der Waals surface area (Å²) in [4.78, 5) is 46.6. The maximum absolute atomic E-state index is 15.5. The van der Waals surface area contributed by atoms with Crippen LogP contribution in [-0.2, 0) is 47.4 Å². The van der Waals surface area contributed by atoms with Gasteiger partial charge in [-0.1, -0.05) is 11.6 Å². The number of nitrogens with one attached hydrogen (secondary N) is 2. The van der Waals surface area contributed by atoms with Crippen LogP contribution in [0.15, 0.2) is 59.7 Å². The van der Waals surface area contributed by atoms with Gasteiger partial charge >= 0.3 is 0 Å². The number of fused-ring (bicyclic) bond motifs is 5. The summed E-state index contributed by atoms with van der Waals surface area (Å²) in [7, 11) is -2.50. The predicted octanol–water partition coefficient (Wildman–Crippen LogP) is 6.09. The number of carbonyl (C=O) groups is 1. The number of hydrogen-bond donors (Lipinski definition) is 2. The van der Waals surface area contributed by atoms with Gasteiger partial charge in [-0.3, -0.25) is 28.2 Å². The number of hydrogen-bond acceptors (Lipinski definition) is 11. The Morgan fingerprint density at radius 3 is 2.45 bits per heavy atom. The monoisotopic (exact) mass is 927 g/mol. The van der Waals surface area contributed by atoms with Gasteiger partial charge in [-0.05, 0) is 60.7 Å². The Morgan fingerprint density at radius 2 is 1.77 bits per heavy atom.